The molecule has 8 heteroatoms. The largest absolute Gasteiger partial charge is 0.507 e. The molecule has 2 N–H and O–H groups in total. The summed E-state index contributed by atoms with van der Waals surface area (Å²) in [6.45, 7) is 0. The van der Waals surface area contributed by atoms with Crippen LogP contribution in [0.1, 0.15) is 15.9 Å². The van der Waals surface area contributed by atoms with Gasteiger partial charge in [-0.05, 0) is 51.0 Å². The highest BCUT2D eigenvalue weighted by atomic mass is 79.9. The summed E-state index contributed by atoms with van der Waals surface area (Å²) in [6.07, 6.45) is 1.34. The Morgan fingerprint density at radius 1 is 1.07 bits per heavy atom. The van der Waals surface area contributed by atoms with Crippen molar-refractivity contribution < 1.29 is 14.3 Å². The third-order valence-electron chi connectivity index (χ3n) is 4.30. The summed E-state index contributed by atoms with van der Waals surface area (Å²) in [7, 11) is 0. The Kier molecular flexibility index (Phi) is 5.21. The molecule has 6 nitrogen and oxygen atoms in total. The van der Waals surface area contributed by atoms with Gasteiger partial charge in [0, 0.05) is 15.4 Å². The second kappa shape index (κ2) is 7.81. The molecule has 0 saturated heterocycles. The Hall–Kier alpha value is -2.97. The van der Waals surface area contributed by atoms with Gasteiger partial charge in [-0.3, -0.25) is 4.79 Å². The van der Waals surface area contributed by atoms with Crippen molar-refractivity contribution >= 4 is 65.7 Å². The molecule has 3 aromatic carbocycles. The Morgan fingerprint density at radius 3 is 2.69 bits per heavy atom. The van der Waals surface area contributed by atoms with E-state index in [-0.39, 0.29) is 11.3 Å². The highest BCUT2D eigenvalue weighted by Crippen LogP contribution is 2.28. The molecule has 0 bridgehead atoms. The predicted molar refractivity (Wildman–Crippen MR) is 119 cm³/mol. The van der Waals surface area contributed by atoms with Gasteiger partial charge in [-0.1, -0.05) is 46.3 Å². The Morgan fingerprint density at radius 2 is 1.86 bits per heavy atom. The van der Waals surface area contributed by atoms with Crippen LogP contribution in [-0.4, -0.2) is 17.2 Å². The van der Waals surface area contributed by atoms with Crippen LogP contribution in [0.25, 0.3) is 21.7 Å². The molecule has 0 atom stereocenters. The lowest BCUT2D eigenvalue weighted by atomic mass is 10.0. The Labute approximate surface area is 181 Å². The highest BCUT2D eigenvalue weighted by Gasteiger charge is 2.15. The SMILES string of the molecule is O=C(N/N=C\c1c(O)ccc2ccccc12)c1cc2cc(Br)cc(Br)c2oc1=O. The van der Waals surface area contributed by atoms with E-state index in [1.807, 2.05) is 24.3 Å². The summed E-state index contributed by atoms with van der Waals surface area (Å²) in [5, 5.41) is 16.3. The first-order chi connectivity index (χ1) is 13.9. The zero-order valence-corrected chi connectivity index (χ0v) is 17.8. The minimum Gasteiger partial charge on any atom is -0.507 e. The van der Waals surface area contributed by atoms with Crippen molar-refractivity contribution in [3.8, 4) is 5.75 Å². The van der Waals surface area contributed by atoms with Crippen molar-refractivity contribution in [2.45, 2.75) is 0 Å². The molecule has 0 aliphatic rings. The van der Waals surface area contributed by atoms with Gasteiger partial charge in [0.05, 0.1) is 10.7 Å². The van der Waals surface area contributed by atoms with E-state index in [0.717, 1.165) is 15.2 Å². The van der Waals surface area contributed by atoms with Gasteiger partial charge >= 0.3 is 5.63 Å². The van der Waals surface area contributed by atoms with Crippen LogP contribution in [0.4, 0.5) is 0 Å². The molecule has 4 aromatic rings. The van der Waals surface area contributed by atoms with Crippen LogP contribution in [-0.2, 0) is 0 Å². The highest BCUT2D eigenvalue weighted by molar-refractivity contribution is 9.11. The summed E-state index contributed by atoms with van der Waals surface area (Å²) < 4.78 is 6.62. The first-order valence-electron chi connectivity index (χ1n) is 8.41. The van der Waals surface area contributed by atoms with E-state index in [4.69, 9.17) is 4.42 Å². The standard InChI is InChI=1S/C21H12Br2N2O4/c22-13-7-12-8-15(21(28)29-19(12)17(23)9-13)20(27)25-24-10-16-14-4-2-1-3-11(14)5-6-18(16)26/h1-10,26H,(H,25,27)/b24-10-. The molecule has 0 aliphatic carbocycles. The van der Waals surface area contributed by atoms with E-state index in [1.165, 1.54) is 12.3 Å². The number of hydrogen-bond donors (Lipinski definition) is 2. The van der Waals surface area contributed by atoms with E-state index in [1.54, 1.807) is 24.3 Å². The van der Waals surface area contributed by atoms with Gasteiger partial charge in [0.1, 0.15) is 11.3 Å². The molecule has 29 heavy (non-hydrogen) atoms. The summed E-state index contributed by atoms with van der Waals surface area (Å²) in [5.41, 5.74) is 2.16. The molecule has 0 aliphatic heterocycles. The molecule has 144 valence electrons. The molecule has 0 saturated carbocycles. The summed E-state index contributed by atoms with van der Waals surface area (Å²) in [5.74, 6) is -0.686. The van der Waals surface area contributed by atoms with Gasteiger partial charge < -0.3 is 9.52 Å². The van der Waals surface area contributed by atoms with Gasteiger partial charge in [-0.15, -0.1) is 0 Å². The quantitative estimate of drug-likeness (QED) is 0.229. The third-order valence-corrected chi connectivity index (χ3v) is 5.35. The molecule has 1 amide bonds. The fraction of sp³-hybridized carbons (Fsp3) is 0. The topological polar surface area (TPSA) is 91.9 Å². The van der Waals surface area contributed by atoms with Gasteiger partial charge in [0.15, 0.2) is 5.58 Å². The van der Waals surface area contributed by atoms with Crippen LogP contribution < -0.4 is 11.1 Å². The number of carbonyl (C=O) groups excluding carboxylic acids is 1. The van der Waals surface area contributed by atoms with Crippen LogP contribution in [0.2, 0.25) is 0 Å². The second-order valence-electron chi connectivity index (χ2n) is 6.17. The average molecular weight is 516 g/mol. The molecular formula is C21H12Br2N2O4. The minimum absolute atomic E-state index is 0.0293. The summed E-state index contributed by atoms with van der Waals surface area (Å²) >= 11 is 6.69. The van der Waals surface area contributed by atoms with E-state index >= 15 is 0 Å². The fourth-order valence-corrected chi connectivity index (χ4v) is 4.29. The van der Waals surface area contributed by atoms with Crippen molar-refractivity contribution in [2.75, 3.05) is 0 Å². The van der Waals surface area contributed by atoms with Crippen LogP contribution in [0.15, 0.2) is 77.9 Å². The van der Waals surface area contributed by atoms with Crippen LogP contribution in [0, 0.1) is 0 Å². The maximum Gasteiger partial charge on any atom is 0.349 e. The molecule has 4 rings (SSSR count). The Balaban J connectivity index is 1.65. The lowest BCUT2D eigenvalue weighted by Gasteiger charge is -2.05. The van der Waals surface area contributed by atoms with Gasteiger partial charge in [-0.25, -0.2) is 10.2 Å². The lowest BCUT2D eigenvalue weighted by Crippen LogP contribution is -2.24. The maximum atomic E-state index is 12.4. The van der Waals surface area contributed by atoms with Crippen molar-refractivity contribution in [2.24, 2.45) is 5.10 Å². The van der Waals surface area contributed by atoms with E-state index in [0.29, 0.717) is 21.0 Å². The number of carbonyl (C=O) groups is 1. The van der Waals surface area contributed by atoms with Crippen LogP contribution in [0.5, 0.6) is 5.75 Å². The third kappa shape index (κ3) is 3.81. The number of benzene rings is 3. The normalized spacial score (nSPS) is 11.4. The fourth-order valence-electron chi connectivity index (χ4n) is 2.95. The van der Waals surface area contributed by atoms with E-state index in [9.17, 15) is 14.7 Å². The molecule has 1 aromatic heterocycles. The Bertz CT molecular complexity index is 1360. The molecule has 0 spiro atoms. The van der Waals surface area contributed by atoms with Gasteiger partial charge in [-0.2, -0.15) is 5.10 Å². The smallest absolute Gasteiger partial charge is 0.349 e. The maximum absolute atomic E-state index is 12.4. The number of halogens is 2. The zero-order chi connectivity index (χ0) is 20.5. The number of rotatable bonds is 3. The molecule has 1 heterocycles. The van der Waals surface area contributed by atoms with Crippen molar-refractivity contribution in [1.29, 1.82) is 0 Å². The van der Waals surface area contributed by atoms with Crippen molar-refractivity contribution in [3.05, 3.63) is 85.1 Å². The minimum atomic E-state index is -0.777. The van der Waals surface area contributed by atoms with Crippen molar-refractivity contribution in [3.63, 3.8) is 0 Å². The first kappa shape index (κ1) is 19.4. The number of hydrazone groups is 1. The number of nitrogens with zero attached hydrogens (tertiary/aromatic N) is 1. The number of phenols is 1. The number of hydrogen-bond acceptors (Lipinski definition) is 5. The number of fused-ring (bicyclic) bond motifs is 2. The number of aromatic hydroxyl groups is 1. The van der Waals surface area contributed by atoms with Crippen molar-refractivity contribution in [1.82, 2.24) is 5.43 Å². The first-order valence-corrected chi connectivity index (χ1v) is 9.99. The summed E-state index contributed by atoms with van der Waals surface area (Å²) in [4.78, 5) is 24.7. The second-order valence-corrected chi connectivity index (χ2v) is 7.94. The number of phenolic OH excluding ortho intramolecular Hbond substituents is 1. The van der Waals surface area contributed by atoms with E-state index in [2.05, 4.69) is 42.4 Å². The predicted octanol–water partition coefficient (Wildman–Crippen LogP) is 4.94. The van der Waals surface area contributed by atoms with Gasteiger partial charge in [0.2, 0.25) is 0 Å². The molecule has 0 unspecified atom stereocenters. The molecule has 0 fully saturated rings. The van der Waals surface area contributed by atoms with Crippen LogP contribution in [0.3, 0.4) is 0 Å². The van der Waals surface area contributed by atoms with Crippen LogP contribution >= 0.6 is 31.9 Å². The molecular weight excluding hydrogens is 504 g/mol. The monoisotopic (exact) mass is 514 g/mol. The van der Waals surface area contributed by atoms with Gasteiger partial charge in [0.25, 0.3) is 5.91 Å². The zero-order valence-electron chi connectivity index (χ0n) is 14.6. The molecule has 0 radical (unpaired) electrons. The lowest BCUT2D eigenvalue weighted by molar-refractivity contribution is 0.0951. The van der Waals surface area contributed by atoms with E-state index < -0.39 is 11.5 Å². The number of nitrogens with one attached hydrogen (secondary N) is 1. The average Bonchev–Trinajstić information content (AvgIpc) is 2.69. The summed E-state index contributed by atoms with van der Waals surface area (Å²) in [6, 6.07) is 15.7. The number of amides is 1.